The van der Waals surface area contributed by atoms with Gasteiger partial charge in [0.15, 0.2) is 11.5 Å². The van der Waals surface area contributed by atoms with Crippen LogP contribution in [0.2, 0.25) is 0 Å². The van der Waals surface area contributed by atoms with Crippen molar-refractivity contribution in [1.29, 1.82) is 0 Å². The highest BCUT2D eigenvalue weighted by molar-refractivity contribution is 5.69. The third kappa shape index (κ3) is 3.86. The molecule has 1 aliphatic carbocycles. The van der Waals surface area contributed by atoms with E-state index in [1.165, 1.54) is 0 Å². The molecule has 0 heterocycles. The summed E-state index contributed by atoms with van der Waals surface area (Å²) in [4.78, 5) is 12.8. The fourth-order valence-electron chi connectivity index (χ4n) is 2.09. The Kier molecular flexibility index (Phi) is 4.27. The molecule has 1 aromatic carbocycles. The van der Waals surface area contributed by atoms with Crippen LogP contribution in [0.5, 0.6) is 11.5 Å². The molecule has 1 fully saturated rings. The summed E-state index contributed by atoms with van der Waals surface area (Å²) in [5, 5.41) is 18.5. The molecule has 5 heteroatoms. The van der Waals surface area contributed by atoms with Crippen LogP contribution in [0.15, 0.2) is 18.2 Å². The van der Waals surface area contributed by atoms with E-state index in [0.717, 1.165) is 18.4 Å². The second-order valence-corrected chi connectivity index (χ2v) is 4.76. The fraction of sp³-hybridized carbons (Fsp3) is 0.500. The van der Waals surface area contributed by atoms with Crippen molar-refractivity contribution in [2.75, 3.05) is 13.2 Å². The number of phenolic OH excluding ortho intramolecular Hbond substituents is 1. The Hall–Kier alpha value is -1.75. The zero-order chi connectivity index (χ0) is 13.8. The Bertz CT molecular complexity index is 457. The number of ether oxygens (including phenoxy) is 1. The van der Waals surface area contributed by atoms with E-state index in [4.69, 9.17) is 9.84 Å². The predicted molar refractivity (Wildman–Crippen MR) is 70.3 cm³/mol. The maximum Gasteiger partial charge on any atom is 0.317 e. The number of phenols is 1. The van der Waals surface area contributed by atoms with Gasteiger partial charge in [-0.05, 0) is 37.5 Å². The summed E-state index contributed by atoms with van der Waals surface area (Å²) in [5.74, 6) is -0.247. The average Bonchev–Trinajstić information content (AvgIpc) is 3.16. The molecule has 0 amide bonds. The number of carboxylic acid groups (broad SMARTS) is 1. The molecule has 2 N–H and O–H groups in total. The van der Waals surface area contributed by atoms with E-state index in [9.17, 15) is 9.90 Å². The van der Waals surface area contributed by atoms with E-state index in [-0.39, 0.29) is 12.3 Å². The molecule has 0 spiro atoms. The van der Waals surface area contributed by atoms with Gasteiger partial charge in [0.05, 0.1) is 13.2 Å². The van der Waals surface area contributed by atoms with Crippen molar-refractivity contribution in [2.24, 2.45) is 0 Å². The predicted octanol–water partition coefficient (Wildman–Crippen LogP) is 1.84. The van der Waals surface area contributed by atoms with Gasteiger partial charge in [-0.15, -0.1) is 0 Å². The second kappa shape index (κ2) is 5.93. The number of hydrogen-bond donors (Lipinski definition) is 2. The quantitative estimate of drug-likeness (QED) is 0.787. The number of aliphatic carboxylic acids is 1. The van der Waals surface area contributed by atoms with Crippen molar-refractivity contribution in [3.05, 3.63) is 23.8 Å². The molecule has 0 aromatic heterocycles. The first kappa shape index (κ1) is 13.7. The van der Waals surface area contributed by atoms with Crippen LogP contribution in [-0.2, 0) is 11.3 Å². The average molecular weight is 265 g/mol. The number of rotatable bonds is 7. The summed E-state index contributed by atoms with van der Waals surface area (Å²) in [6.07, 6.45) is 2.12. The Balaban J connectivity index is 2.07. The summed E-state index contributed by atoms with van der Waals surface area (Å²) in [6, 6.07) is 5.54. The fourth-order valence-corrected chi connectivity index (χ4v) is 2.09. The summed E-state index contributed by atoms with van der Waals surface area (Å²) in [6.45, 7) is 2.96. The van der Waals surface area contributed by atoms with E-state index in [1.807, 2.05) is 11.8 Å². The molecule has 0 bridgehead atoms. The van der Waals surface area contributed by atoms with E-state index in [0.29, 0.717) is 24.9 Å². The topological polar surface area (TPSA) is 70.0 Å². The molecule has 2 rings (SSSR count). The highest BCUT2D eigenvalue weighted by Crippen LogP contribution is 2.31. The molecule has 1 aliphatic rings. The number of nitrogens with zero attached hydrogens (tertiary/aromatic N) is 1. The van der Waals surface area contributed by atoms with Gasteiger partial charge in [0, 0.05) is 12.6 Å². The zero-order valence-electron chi connectivity index (χ0n) is 11.0. The minimum Gasteiger partial charge on any atom is -0.504 e. The number of aromatic hydroxyl groups is 1. The second-order valence-electron chi connectivity index (χ2n) is 4.76. The van der Waals surface area contributed by atoms with Gasteiger partial charge in [0.1, 0.15) is 0 Å². The number of benzene rings is 1. The van der Waals surface area contributed by atoms with Gasteiger partial charge < -0.3 is 14.9 Å². The zero-order valence-corrected chi connectivity index (χ0v) is 11.0. The number of hydrogen-bond acceptors (Lipinski definition) is 4. The smallest absolute Gasteiger partial charge is 0.317 e. The van der Waals surface area contributed by atoms with Crippen molar-refractivity contribution in [3.63, 3.8) is 0 Å². The molecule has 0 saturated heterocycles. The van der Waals surface area contributed by atoms with Crippen molar-refractivity contribution in [2.45, 2.75) is 32.4 Å². The van der Waals surface area contributed by atoms with Gasteiger partial charge in [0.2, 0.25) is 0 Å². The monoisotopic (exact) mass is 265 g/mol. The van der Waals surface area contributed by atoms with Crippen molar-refractivity contribution < 1.29 is 19.7 Å². The van der Waals surface area contributed by atoms with Gasteiger partial charge in [-0.1, -0.05) is 6.07 Å². The van der Waals surface area contributed by atoms with E-state index >= 15 is 0 Å². The number of carbonyl (C=O) groups is 1. The van der Waals surface area contributed by atoms with Gasteiger partial charge in [0.25, 0.3) is 0 Å². The summed E-state index contributed by atoms with van der Waals surface area (Å²) in [7, 11) is 0. The Morgan fingerprint density at radius 1 is 1.47 bits per heavy atom. The molecule has 0 radical (unpaired) electrons. The molecule has 0 aliphatic heterocycles. The van der Waals surface area contributed by atoms with E-state index in [1.54, 1.807) is 18.2 Å². The van der Waals surface area contributed by atoms with E-state index < -0.39 is 5.97 Å². The first-order valence-corrected chi connectivity index (χ1v) is 6.50. The molecule has 104 valence electrons. The number of carboxylic acids is 1. The van der Waals surface area contributed by atoms with Crippen molar-refractivity contribution >= 4 is 5.97 Å². The molecular formula is C14H19NO4. The van der Waals surface area contributed by atoms with Crippen molar-refractivity contribution in [3.8, 4) is 11.5 Å². The standard InChI is InChI=1S/C14H19NO4/c1-2-19-13-7-10(3-6-12(13)16)8-15(9-14(17)18)11-4-5-11/h3,6-7,11,16H,2,4-5,8-9H2,1H3,(H,17,18). The van der Waals surface area contributed by atoms with Crippen LogP contribution in [0.1, 0.15) is 25.3 Å². The van der Waals surface area contributed by atoms with Crippen LogP contribution in [0.4, 0.5) is 0 Å². The SMILES string of the molecule is CCOc1cc(CN(CC(=O)O)C2CC2)ccc1O. The Morgan fingerprint density at radius 2 is 2.21 bits per heavy atom. The third-order valence-corrected chi connectivity index (χ3v) is 3.11. The molecule has 5 nitrogen and oxygen atoms in total. The minimum atomic E-state index is -0.810. The lowest BCUT2D eigenvalue weighted by molar-refractivity contribution is -0.138. The van der Waals surface area contributed by atoms with Gasteiger partial charge in [-0.2, -0.15) is 0 Å². The van der Waals surface area contributed by atoms with Gasteiger partial charge in [-0.3, -0.25) is 9.69 Å². The Labute approximate surface area is 112 Å². The third-order valence-electron chi connectivity index (χ3n) is 3.11. The van der Waals surface area contributed by atoms with Gasteiger partial charge in [-0.25, -0.2) is 0 Å². The molecule has 0 atom stereocenters. The minimum absolute atomic E-state index is 0.0511. The molecule has 19 heavy (non-hydrogen) atoms. The summed E-state index contributed by atoms with van der Waals surface area (Å²) in [5.41, 5.74) is 0.953. The lowest BCUT2D eigenvalue weighted by Gasteiger charge is -2.20. The first-order valence-electron chi connectivity index (χ1n) is 6.50. The summed E-state index contributed by atoms with van der Waals surface area (Å²) < 4.78 is 5.33. The van der Waals surface area contributed by atoms with Crippen LogP contribution in [-0.4, -0.2) is 40.3 Å². The maximum atomic E-state index is 10.8. The lowest BCUT2D eigenvalue weighted by Crippen LogP contribution is -2.31. The molecular weight excluding hydrogens is 246 g/mol. The summed E-state index contributed by atoms with van der Waals surface area (Å²) >= 11 is 0. The van der Waals surface area contributed by atoms with Crippen LogP contribution in [0.25, 0.3) is 0 Å². The maximum absolute atomic E-state index is 10.8. The Morgan fingerprint density at radius 3 is 2.79 bits per heavy atom. The normalized spacial score (nSPS) is 14.6. The molecule has 1 aromatic rings. The van der Waals surface area contributed by atoms with Crippen LogP contribution >= 0.6 is 0 Å². The van der Waals surface area contributed by atoms with Crippen molar-refractivity contribution in [1.82, 2.24) is 4.90 Å². The molecule has 1 saturated carbocycles. The van der Waals surface area contributed by atoms with Crippen LogP contribution < -0.4 is 4.74 Å². The molecule has 0 unspecified atom stereocenters. The highest BCUT2D eigenvalue weighted by Gasteiger charge is 2.30. The van der Waals surface area contributed by atoms with Crippen LogP contribution in [0.3, 0.4) is 0 Å². The lowest BCUT2D eigenvalue weighted by atomic mass is 10.2. The highest BCUT2D eigenvalue weighted by atomic mass is 16.5. The largest absolute Gasteiger partial charge is 0.504 e. The van der Waals surface area contributed by atoms with E-state index in [2.05, 4.69) is 0 Å². The van der Waals surface area contributed by atoms with Gasteiger partial charge >= 0.3 is 5.97 Å². The van der Waals surface area contributed by atoms with Crippen LogP contribution in [0, 0.1) is 0 Å². The first-order chi connectivity index (χ1) is 9.10.